The van der Waals surface area contributed by atoms with Crippen LogP contribution < -0.4 is 4.74 Å². The molecule has 0 N–H and O–H groups in total. The van der Waals surface area contributed by atoms with Crippen LogP contribution in [0.3, 0.4) is 0 Å². The summed E-state index contributed by atoms with van der Waals surface area (Å²) in [4.78, 5) is 37.4. The van der Waals surface area contributed by atoms with E-state index in [2.05, 4.69) is 15.9 Å². The van der Waals surface area contributed by atoms with Gasteiger partial charge in [0.1, 0.15) is 5.75 Å². The van der Waals surface area contributed by atoms with Crippen LogP contribution in [-0.4, -0.2) is 35.4 Å². The van der Waals surface area contributed by atoms with E-state index < -0.39 is 11.9 Å². The lowest BCUT2D eigenvalue weighted by Gasteiger charge is -2.60. The molecule has 0 amide bonds. The van der Waals surface area contributed by atoms with Crippen molar-refractivity contribution in [3.8, 4) is 5.75 Å². The molecule has 0 spiro atoms. The van der Waals surface area contributed by atoms with Gasteiger partial charge in [0, 0.05) is 4.32 Å². The minimum absolute atomic E-state index is 0.0204. The highest BCUT2D eigenvalue weighted by Crippen LogP contribution is 2.65. The van der Waals surface area contributed by atoms with Gasteiger partial charge in [-0.2, -0.15) is 0 Å². The molecular weight excluding hydrogens is 464 g/mol. The maximum absolute atomic E-state index is 12.9. The molecular formula is C24H29BrO6. The van der Waals surface area contributed by atoms with Crippen LogP contribution in [0, 0.1) is 17.3 Å². The van der Waals surface area contributed by atoms with Gasteiger partial charge in [-0.1, -0.05) is 15.9 Å². The van der Waals surface area contributed by atoms with Gasteiger partial charge in [-0.15, -0.1) is 0 Å². The summed E-state index contributed by atoms with van der Waals surface area (Å²) in [5, 5.41) is 0. The Morgan fingerprint density at radius 3 is 1.97 bits per heavy atom. The van der Waals surface area contributed by atoms with Crippen LogP contribution in [0.1, 0.15) is 79.5 Å². The van der Waals surface area contributed by atoms with E-state index in [1.54, 1.807) is 13.8 Å². The average Bonchev–Trinajstić information content (AvgIpc) is 2.65. The largest absolute Gasteiger partial charge is 0.462 e. The molecule has 0 aliphatic heterocycles. The van der Waals surface area contributed by atoms with Gasteiger partial charge in [-0.3, -0.25) is 4.79 Å². The summed E-state index contributed by atoms with van der Waals surface area (Å²) in [6.45, 7) is 3.82. The van der Waals surface area contributed by atoms with Crippen molar-refractivity contribution in [2.24, 2.45) is 17.3 Å². The third kappa shape index (κ3) is 4.81. The number of halogens is 1. The highest BCUT2D eigenvalue weighted by Gasteiger charge is 2.57. The number of carbonyl (C=O) groups excluding carboxylic acids is 3. The molecule has 5 rings (SSSR count). The normalized spacial score (nSPS) is 30.7. The molecule has 6 nitrogen and oxygen atoms in total. The molecule has 0 radical (unpaired) electrons. The van der Waals surface area contributed by atoms with Crippen molar-refractivity contribution in [3.63, 3.8) is 0 Å². The van der Waals surface area contributed by atoms with E-state index in [0.29, 0.717) is 18.3 Å². The van der Waals surface area contributed by atoms with E-state index in [-0.39, 0.29) is 45.8 Å². The molecule has 0 heterocycles. The Morgan fingerprint density at radius 1 is 0.935 bits per heavy atom. The fourth-order valence-electron chi connectivity index (χ4n) is 6.34. The topological polar surface area (TPSA) is 78.9 Å². The van der Waals surface area contributed by atoms with E-state index in [1.807, 2.05) is 0 Å². The first-order valence-electron chi connectivity index (χ1n) is 11.1. The molecule has 0 aromatic heterocycles. The van der Waals surface area contributed by atoms with Gasteiger partial charge in [0.2, 0.25) is 0 Å². The SMILES string of the molecule is CCOC(=O)c1cc(OC(=O)CC23C[C@@H]4C[C@@H](CC(Br)(C4)C2)C3)cc(C(=O)OCC)c1. The summed E-state index contributed by atoms with van der Waals surface area (Å²) >= 11 is 3.97. The van der Waals surface area contributed by atoms with Gasteiger partial charge in [-0.05, 0) is 87.8 Å². The highest BCUT2D eigenvalue weighted by atomic mass is 79.9. The summed E-state index contributed by atoms with van der Waals surface area (Å²) < 4.78 is 15.9. The van der Waals surface area contributed by atoms with Crippen molar-refractivity contribution in [1.29, 1.82) is 0 Å². The Morgan fingerprint density at radius 2 is 1.48 bits per heavy atom. The second kappa shape index (κ2) is 8.57. The standard InChI is InChI=1S/C24H29BrO6/c1-3-29-21(27)17-6-18(22(28)30-4-2)8-19(7-17)31-20(26)13-23-9-15-5-16(10-23)12-24(25,11-15)14-23/h6-8,15-16H,3-5,9-14H2,1-2H3/t15-,16+,23?,24?. The fraction of sp³-hybridized carbons (Fsp3) is 0.625. The summed E-state index contributed by atoms with van der Waals surface area (Å²) in [5.74, 6) is 0.0410. The Balaban J connectivity index is 1.52. The number of ether oxygens (including phenoxy) is 3. The lowest BCUT2D eigenvalue weighted by molar-refractivity contribution is -0.141. The van der Waals surface area contributed by atoms with Crippen molar-refractivity contribution in [3.05, 3.63) is 29.3 Å². The van der Waals surface area contributed by atoms with E-state index in [9.17, 15) is 14.4 Å². The quantitative estimate of drug-likeness (QED) is 0.300. The van der Waals surface area contributed by atoms with Crippen LogP contribution in [0.4, 0.5) is 0 Å². The van der Waals surface area contributed by atoms with Crippen LogP contribution in [0.2, 0.25) is 0 Å². The maximum Gasteiger partial charge on any atom is 0.338 e. The van der Waals surface area contributed by atoms with Gasteiger partial charge in [-0.25, -0.2) is 9.59 Å². The first-order chi connectivity index (χ1) is 14.7. The molecule has 4 fully saturated rings. The number of rotatable bonds is 7. The predicted octanol–water partition coefficient (Wildman–Crippen LogP) is 5.07. The zero-order chi connectivity index (χ0) is 22.2. The van der Waals surface area contributed by atoms with Crippen LogP contribution in [0.5, 0.6) is 5.75 Å². The monoisotopic (exact) mass is 492 g/mol. The molecule has 31 heavy (non-hydrogen) atoms. The first-order valence-corrected chi connectivity index (χ1v) is 11.9. The van der Waals surface area contributed by atoms with Gasteiger partial charge < -0.3 is 14.2 Å². The minimum atomic E-state index is -0.576. The second-order valence-electron chi connectivity index (χ2n) is 9.45. The van der Waals surface area contributed by atoms with E-state index in [4.69, 9.17) is 14.2 Å². The Hall–Kier alpha value is -1.89. The molecule has 2 unspecified atom stereocenters. The number of hydrogen-bond donors (Lipinski definition) is 0. The molecule has 168 valence electrons. The molecule has 4 bridgehead atoms. The van der Waals surface area contributed by atoms with Crippen molar-refractivity contribution < 1.29 is 28.6 Å². The van der Waals surface area contributed by atoms with Crippen LogP contribution in [-0.2, 0) is 14.3 Å². The van der Waals surface area contributed by atoms with Crippen molar-refractivity contribution in [2.75, 3.05) is 13.2 Å². The summed E-state index contributed by atoms with van der Waals surface area (Å²) in [7, 11) is 0. The van der Waals surface area contributed by atoms with Gasteiger partial charge in [0.15, 0.2) is 0 Å². The lowest BCUT2D eigenvalue weighted by atomic mass is 9.49. The maximum atomic E-state index is 12.9. The Kier molecular flexibility index (Phi) is 6.16. The fourth-order valence-corrected chi connectivity index (χ4v) is 7.85. The Labute approximate surface area is 191 Å². The van der Waals surface area contributed by atoms with Crippen molar-refractivity contribution in [1.82, 2.24) is 0 Å². The van der Waals surface area contributed by atoms with Crippen molar-refractivity contribution in [2.45, 2.75) is 63.1 Å². The molecule has 4 atom stereocenters. The van der Waals surface area contributed by atoms with Crippen molar-refractivity contribution >= 4 is 33.8 Å². The number of alkyl halides is 1. The number of carbonyl (C=O) groups is 3. The first kappa shape index (κ1) is 22.3. The summed E-state index contributed by atoms with van der Waals surface area (Å²) in [6.07, 6.45) is 7.17. The van der Waals surface area contributed by atoms with Crippen LogP contribution >= 0.6 is 15.9 Å². The number of esters is 3. The van der Waals surface area contributed by atoms with Crippen LogP contribution in [0.15, 0.2) is 18.2 Å². The predicted molar refractivity (Wildman–Crippen MR) is 117 cm³/mol. The third-order valence-electron chi connectivity index (χ3n) is 6.79. The molecule has 1 aromatic carbocycles. The molecule has 4 aliphatic rings. The van der Waals surface area contributed by atoms with E-state index >= 15 is 0 Å². The molecule has 0 saturated heterocycles. The Bertz CT molecular complexity index is 844. The number of hydrogen-bond acceptors (Lipinski definition) is 6. The second-order valence-corrected chi connectivity index (χ2v) is 11.1. The molecule has 1 aromatic rings. The lowest BCUT2D eigenvalue weighted by Crippen LogP contribution is -2.53. The zero-order valence-corrected chi connectivity index (χ0v) is 19.7. The minimum Gasteiger partial charge on any atom is -0.462 e. The summed E-state index contributed by atoms with van der Waals surface area (Å²) in [5.41, 5.74) is 0.293. The molecule has 4 aliphatic carbocycles. The van der Waals surface area contributed by atoms with Gasteiger partial charge in [0.25, 0.3) is 0 Å². The highest BCUT2D eigenvalue weighted by molar-refractivity contribution is 9.10. The number of benzene rings is 1. The average molecular weight is 493 g/mol. The van der Waals surface area contributed by atoms with Gasteiger partial charge >= 0.3 is 17.9 Å². The van der Waals surface area contributed by atoms with E-state index in [0.717, 1.165) is 19.3 Å². The molecule has 7 heteroatoms. The zero-order valence-electron chi connectivity index (χ0n) is 18.1. The van der Waals surface area contributed by atoms with Gasteiger partial charge in [0.05, 0.1) is 30.8 Å². The molecule has 4 saturated carbocycles. The van der Waals surface area contributed by atoms with E-state index in [1.165, 1.54) is 37.5 Å². The smallest absolute Gasteiger partial charge is 0.338 e. The summed E-state index contributed by atoms with van der Waals surface area (Å²) in [6, 6.07) is 4.30. The van der Waals surface area contributed by atoms with Crippen LogP contribution in [0.25, 0.3) is 0 Å². The third-order valence-corrected chi connectivity index (χ3v) is 7.72.